The Bertz CT molecular complexity index is 484. The molecule has 0 saturated carbocycles. The summed E-state index contributed by atoms with van der Waals surface area (Å²) in [4.78, 5) is 22.8. The lowest BCUT2D eigenvalue weighted by Gasteiger charge is -2.09. The molecular formula is C15H22N2O3. The molecule has 5 heteroatoms. The summed E-state index contributed by atoms with van der Waals surface area (Å²) in [6.07, 6.45) is 1.16. The summed E-state index contributed by atoms with van der Waals surface area (Å²) in [5.74, 6) is -1.09. The highest BCUT2D eigenvalue weighted by Crippen LogP contribution is 2.15. The summed E-state index contributed by atoms with van der Waals surface area (Å²) in [6.45, 7) is 6.63. The van der Waals surface area contributed by atoms with Crippen LogP contribution in [0.4, 0.5) is 5.69 Å². The predicted octanol–water partition coefficient (Wildman–Crippen LogP) is 2.41. The molecule has 0 saturated heterocycles. The van der Waals surface area contributed by atoms with Gasteiger partial charge in [-0.2, -0.15) is 0 Å². The van der Waals surface area contributed by atoms with Gasteiger partial charge >= 0.3 is 5.97 Å². The van der Waals surface area contributed by atoms with E-state index < -0.39 is 5.97 Å². The molecule has 0 heterocycles. The van der Waals surface area contributed by atoms with Crippen LogP contribution in [-0.4, -0.2) is 29.6 Å². The van der Waals surface area contributed by atoms with Gasteiger partial charge in [0.05, 0.1) is 5.56 Å². The molecule has 0 aliphatic heterocycles. The molecule has 0 radical (unpaired) electrons. The second-order valence-electron chi connectivity index (χ2n) is 5.10. The Morgan fingerprint density at radius 1 is 1.30 bits per heavy atom. The molecule has 3 N–H and O–H groups in total. The molecule has 0 aromatic heterocycles. The third kappa shape index (κ3) is 5.40. The summed E-state index contributed by atoms with van der Waals surface area (Å²) in [5, 5.41) is 15.0. The minimum absolute atomic E-state index is 0.101. The van der Waals surface area contributed by atoms with Crippen molar-refractivity contribution in [2.75, 3.05) is 11.9 Å². The van der Waals surface area contributed by atoms with Crippen molar-refractivity contribution in [3.8, 4) is 0 Å². The number of carbonyl (C=O) groups excluding carboxylic acids is 1. The molecule has 0 aliphatic rings. The largest absolute Gasteiger partial charge is 0.478 e. The van der Waals surface area contributed by atoms with Crippen LogP contribution in [0.1, 0.15) is 42.6 Å². The van der Waals surface area contributed by atoms with E-state index in [9.17, 15) is 9.59 Å². The SMILES string of the molecule is Cc1ccc(NC(=O)CCCNC(C)C)cc1C(=O)O. The van der Waals surface area contributed by atoms with Crippen LogP contribution in [-0.2, 0) is 4.79 Å². The lowest BCUT2D eigenvalue weighted by molar-refractivity contribution is -0.116. The third-order valence-corrected chi connectivity index (χ3v) is 2.88. The third-order valence-electron chi connectivity index (χ3n) is 2.88. The van der Waals surface area contributed by atoms with Crippen LogP contribution < -0.4 is 10.6 Å². The monoisotopic (exact) mass is 278 g/mol. The topological polar surface area (TPSA) is 78.4 Å². The quantitative estimate of drug-likeness (QED) is 0.669. The first kappa shape index (κ1) is 16.2. The van der Waals surface area contributed by atoms with Gasteiger partial charge in [-0.25, -0.2) is 4.79 Å². The first-order valence-corrected chi connectivity index (χ1v) is 6.77. The number of amides is 1. The zero-order valence-electron chi connectivity index (χ0n) is 12.2. The van der Waals surface area contributed by atoms with Crippen LogP contribution in [0.3, 0.4) is 0 Å². The molecule has 1 aromatic carbocycles. The van der Waals surface area contributed by atoms with E-state index in [2.05, 4.69) is 24.5 Å². The predicted molar refractivity (Wildman–Crippen MR) is 79.1 cm³/mol. The number of hydrogen-bond acceptors (Lipinski definition) is 3. The second-order valence-corrected chi connectivity index (χ2v) is 5.10. The van der Waals surface area contributed by atoms with E-state index in [0.29, 0.717) is 23.7 Å². The Morgan fingerprint density at radius 3 is 2.60 bits per heavy atom. The van der Waals surface area contributed by atoms with Crippen molar-refractivity contribution in [1.29, 1.82) is 0 Å². The van der Waals surface area contributed by atoms with E-state index in [0.717, 1.165) is 13.0 Å². The normalized spacial score (nSPS) is 10.6. The van der Waals surface area contributed by atoms with Gasteiger partial charge in [-0.15, -0.1) is 0 Å². The van der Waals surface area contributed by atoms with E-state index in [1.54, 1.807) is 19.1 Å². The molecule has 0 atom stereocenters. The average molecular weight is 278 g/mol. The van der Waals surface area contributed by atoms with Crippen molar-refractivity contribution in [2.24, 2.45) is 0 Å². The van der Waals surface area contributed by atoms with Gasteiger partial charge in [0, 0.05) is 18.2 Å². The molecule has 0 unspecified atom stereocenters. The van der Waals surface area contributed by atoms with Crippen LogP contribution in [0.25, 0.3) is 0 Å². The number of carboxylic acid groups (broad SMARTS) is 1. The number of aryl methyl sites for hydroxylation is 1. The Labute approximate surface area is 119 Å². The summed E-state index contributed by atoms with van der Waals surface area (Å²) >= 11 is 0. The van der Waals surface area contributed by atoms with Crippen molar-refractivity contribution >= 4 is 17.6 Å². The zero-order valence-corrected chi connectivity index (χ0v) is 12.2. The first-order valence-electron chi connectivity index (χ1n) is 6.77. The molecular weight excluding hydrogens is 256 g/mol. The molecule has 0 spiro atoms. The van der Waals surface area contributed by atoms with Crippen molar-refractivity contribution in [2.45, 2.75) is 39.7 Å². The number of hydrogen-bond donors (Lipinski definition) is 3. The Hall–Kier alpha value is -1.88. The molecule has 20 heavy (non-hydrogen) atoms. The Morgan fingerprint density at radius 2 is 2.00 bits per heavy atom. The first-order chi connectivity index (χ1) is 9.40. The van der Waals surface area contributed by atoms with Gasteiger partial charge in [0.15, 0.2) is 0 Å². The van der Waals surface area contributed by atoms with Gasteiger partial charge in [0.2, 0.25) is 5.91 Å². The number of nitrogens with one attached hydrogen (secondary N) is 2. The Kier molecular flexibility index (Phi) is 6.18. The maximum atomic E-state index is 11.7. The molecule has 0 fully saturated rings. The molecule has 0 aliphatic carbocycles. The van der Waals surface area contributed by atoms with Crippen molar-refractivity contribution in [3.63, 3.8) is 0 Å². The molecule has 1 amide bonds. The summed E-state index contributed by atoms with van der Waals surface area (Å²) in [6, 6.07) is 5.31. The average Bonchev–Trinajstić information content (AvgIpc) is 2.36. The number of rotatable bonds is 7. The van der Waals surface area contributed by atoms with Gasteiger partial charge in [-0.1, -0.05) is 19.9 Å². The van der Waals surface area contributed by atoms with Crippen LogP contribution in [0.15, 0.2) is 18.2 Å². The summed E-state index contributed by atoms with van der Waals surface area (Å²) < 4.78 is 0. The van der Waals surface area contributed by atoms with E-state index in [1.807, 2.05) is 0 Å². The minimum atomic E-state index is -0.986. The molecule has 1 rings (SSSR count). The number of carboxylic acids is 1. The number of carbonyl (C=O) groups is 2. The van der Waals surface area contributed by atoms with Crippen LogP contribution in [0.5, 0.6) is 0 Å². The zero-order chi connectivity index (χ0) is 15.1. The molecule has 110 valence electrons. The smallest absolute Gasteiger partial charge is 0.336 e. The van der Waals surface area contributed by atoms with E-state index in [1.165, 1.54) is 6.07 Å². The number of anilines is 1. The number of aromatic carboxylic acids is 1. The lowest BCUT2D eigenvalue weighted by Crippen LogP contribution is -2.24. The van der Waals surface area contributed by atoms with Crippen LogP contribution in [0.2, 0.25) is 0 Å². The van der Waals surface area contributed by atoms with Crippen LogP contribution in [0, 0.1) is 6.92 Å². The van der Waals surface area contributed by atoms with Gasteiger partial charge in [0.25, 0.3) is 0 Å². The fraction of sp³-hybridized carbons (Fsp3) is 0.467. The summed E-state index contributed by atoms with van der Waals surface area (Å²) in [7, 11) is 0. The van der Waals surface area contributed by atoms with E-state index in [-0.39, 0.29) is 11.5 Å². The van der Waals surface area contributed by atoms with Crippen LogP contribution >= 0.6 is 0 Å². The lowest BCUT2D eigenvalue weighted by atomic mass is 10.1. The molecule has 5 nitrogen and oxygen atoms in total. The van der Waals surface area contributed by atoms with E-state index >= 15 is 0 Å². The van der Waals surface area contributed by atoms with Gasteiger partial charge in [0.1, 0.15) is 0 Å². The van der Waals surface area contributed by atoms with Gasteiger partial charge < -0.3 is 15.7 Å². The van der Waals surface area contributed by atoms with Gasteiger partial charge in [-0.05, 0) is 37.6 Å². The minimum Gasteiger partial charge on any atom is -0.478 e. The Balaban J connectivity index is 2.50. The molecule has 0 bridgehead atoms. The van der Waals surface area contributed by atoms with Crippen molar-refractivity contribution in [1.82, 2.24) is 5.32 Å². The van der Waals surface area contributed by atoms with Crippen molar-refractivity contribution < 1.29 is 14.7 Å². The standard InChI is InChI=1S/C15H22N2O3/c1-10(2)16-8-4-5-14(18)17-12-7-6-11(3)13(9-12)15(19)20/h6-7,9-10,16H,4-5,8H2,1-3H3,(H,17,18)(H,19,20). The van der Waals surface area contributed by atoms with Gasteiger partial charge in [-0.3, -0.25) is 4.79 Å². The highest BCUT2D eigenvalue weighted by Gasteiger charge is 2.09. The fourth-order valence-electron chi connectivity index (χ4n) is 1.79. The maximum Gasteiger partial charge on any atom is 0.336 e. The number of benzene rings is 1. The van der Waals surface area contributed by atoms with E-state index in [4.69, 9.17) is 5.11 Å². The fourth-order valence-corrected chi connectivity index (χ4v) is 1.79. The maximum absolute atomic E-state index is 11.7. The second kappa shape index (κ2) is 7.65. The highest BCUT2D eigenvalue weighted by molar-refractivity contribution is 5.94. The summed E-state index contributed by atoms with van der Waals surface area (Å²) in [5.41, 5.74) is 1.41. The highest BCUT2D eigenvalue weighted by atomic mass is 16.4. The molecule has 1 aromatic rings. The van der Waals surface area contributed by atoms with Crippen molar-refractivity contribution in [3.05, 3.63) is 29.3 Å².